The molecule has 1 amide bonds. The maximum Gasteiger partial charge on any atom is 0.275 e. The molecule has 0 bridgehead atoms. The Morgan fingerprint density at radius 3 is 2.48 bits per heavy atom. The summed E-state index contributed by atoms with van der Waals surface area (Å²) >= 11 is 11.9. The SMILES string of the molecule is COc1cc2ccccc2cc1C(=O)N/N=C/c1ccc(Cl)cc1Cl. The van der Waals surface area contributed by atoms with E-state index in [4.69, 9.17) is 27.9 Å². The number of fused-ring (bicyclic) bond motifs is 1. The summed E-state index contributed by atoms with van der Waals surface area (Å²) in [5, 5.41) is 6.88. The summed E-state index contributed by atoms with van der Waals surface area (Å²) in [7, 11) is 1.53. The Bertz CT molecular complexity index is 971. The van der Waals surface area contributed by atoms with Gasteiger partial charge >= 0.3 is 0 Å². The first kappa shape index (κ1) is 17.3. The smallest absolute Gasteiger partial charge is 0.275 e. The van der Waals surface area contributed by atoms with Crippen molar-refractivity contribution in [2.24, 2.45) is 5.10 Å². The van der Waals surface area contributed by atoms with Crippen molar-refractivity contribution in [3.63, 3.8) is 0 Å². The molecule has 3 rings (SSSR count). The lowest BCUT2D eigenvalue weighted by Gasteiger charge is -2.09. The summed E-state index contributed by atoms with van der Waals surface area (Å²) in [6.45, 7) is 0. The molecular weight excluding hydrogens is 359 g/mol. The van der Waals surface area contributed by atoms with Crippen molar-refractivity contribution in [2.75, 3.05) is 7.11 Å². The van der Waals surface area contributed by atoms with Crippen LogP contribution in [0.25, 0.3) is 10.8 Å². The molecule has 0 saturated heterocycles. The molecule has 0 aliphatic rings. The van der Waals surface area contributed by atoms with Gasteiger partial charge in [0.1, 0.15) is 5.75 Å². The second-order valence-electron chi connectivity index (χ2n) is 5.26. The number of carbonyl (C=O) groups is 1. The van der Waals surface area contributed by atoms with E-state index >= 15 is 0 Å². The van der Waals surface area contributed by atoms with Crippen molar-refractivity contribution in [1.82, 2.24) is 5.43 Å². The molecule has 0 aliphatic carbocycles. The van der Waals surface area contributed by atoms with Gasteiger partial charge in [0.05, 0.1) is 23.9 Å². The number of carbonyl (C=O) groups excluding carboxylic acids is 1. The molecule has 0 spiro atoms. The number of nitrogens with one attached hydrogen (secondary N) is 1. The Hall–Kier alpha value is -2.56. The number of amides is 1. The minimum Gasteiger partial charge on any atom is -0.496 e. The van der Waals surface area contributed by atoms with E-state index in [1.165, 1.54) is 13.3 Å². The van der Waals surface area contributed by atoms with E-state index in [1.54, 1.807) is 24.3 Å². The van der Waals surface area contributed by atoms with Gasteiger partial charge in [-0.3, -0.25) is 4.79 Å². The first-order chi connectivity index (χ1) is 12.1. The van der Waals surface area contributed by atoms with Gasteiger partial charge in [-0.05, 0) is 35.0 Å². The molecule has 25 heavy (non-hydrogen) atoms. The molecule has 4 nitrogen and oxygen atoms in total. The van der Waals surface area contributed by atoms with Crippen LogP contribution in [0.4, 0.5) is 0 Å². The highest BCUT2D eigenvalue weighted by atomic mass is 35.5. The van der Waals surface area contributed by atoms with E-state index in [0.29, 0.717) is 26.9 Å². The third-order valence-electron chi connectivity index (χ3n) is 3.64. The number of methoxy groups -OCH3 is 1. The first-order valence-corrected chi connectivity index (χ1v) is 8.19. The van der Waals surface area contributed by atoms with Crippen LogP contribution in [-0.4, -0.2) is 19.2 Å². The standard InChI is InChI=1S/C19H14Cl2N2O2/c1-25-18-9-13-5-3-2-4-12(13)8-16(18)19(24)23-22-11-14-6-7-15(20)10-17(14)21/h2-11H,1H3,(H,23,24)/b22-11+. The predicted octanol–water partition coefficient (Wildman–Crippen LogP) is 4.92. The largest absolute Gasteiger partial charge is 0.496 e. The fourth-order valence-corrected chi connectivity index (χ4v) is 2.85. The third kappa shape index (κ3) is 3.92. The highest BCUT2D eigenvalue weighted by Gasteiger charge is 2.13. The third-order valence-corrected chi connectivity index (χ3v) is 4.21. The summed E-state index contributed by atoms with van der Waals surface area (Å²) in [4.78, 5) is 12.4. The average Bonchev–Trinajstić information content (AvgIpc) is 2.62. The van der Waals surface area contributed by atoms with Gasteiger partial charge in [0.2, 0.25) is 0 Å². The summed E-state index contributed by atoms with van der Waals surface area (Å²) in [5.41, 5.74) is 3.54. The summed E-state index contributed by atoms with van der Waals surface area (Å²) < 4.78 is 5.32. The van der Waals surface area contributed by atoms with E-state index in [9.17, 15) is 4.79 Å². The Morgan fingerprint density at radius 1 is 1.08 bits per heavy atom. The number of halogens is 2. The van der Waals surface area contributed by atoms with Crippen LogP contribution in [0.3, 0.4) is 0 Å². The molecular formula is C19H14Cl2N2O2. The monoisotopic (exact) mass is 372 g/mol. The zero-order valence-electron chi connectivity index (χ0n) is 13.3. The lowest BCUT2D eigenvalue weighted by atomic mass is 10.1. The molecule has 0 atom stereocenters. The number of nitrogens with zero attached hydrogens (tertiary/aromatic N) is 1. The van der Waals surface area contributed by atoms with Crippen LogP contribution in [-0.2, 0) is 0 Å². The number of hydrogen-bond donors (Lipinski definition) is 1. The minimum atomic E-state index is -0.371. The van der Waals surface area contributed by atoms with Crippen LogP contribution in [0.15, 0.2) is 59.7 Å². The zero-order chi connectivity index (χ0) is 17.8. The topological polar surface area (TPSA) is 50.7 Å². The van der Waals surface area contributed by atoms with Crippen molar-refractivity contribution in [2.45, 2.75) is 0 Å². The second kappa shape index (κ2) is 7.55. The van der Waals surface area contributed by atoms with Crippen LogP contribution in [0.2, 0.25) is 10.0 Å². The van der Waals surface area contributed by atoms with E-state index in [-0.39, 0.29) is 5.91 Å². The highest BCUT2D eigenvalue weighted by Crippen LogP contribution is 2.26. The number of benzene rings is 3. The molecule has 0 aromatic heterocycles. The summed E-state index contributed by atoms with van der Waals surface area (Å²) in [5.74, 6) is 0.111. The number of rotatable bonds is 4. The Kier molecular flexibility index (Phi) is 5.22. The van der Waals surface area contributed by atoms with Crippen LogP contribution < -0.4 is 10.2 Å². The highest BCUT2D eigenvalue weighted by molar-refractivity contribution is 6.36. The molecule has 126 valence electrons. The first-order valence-electron chi connectivity index (χ1n) is 7.44. The number of ether oxygens (including phenoxy) is 1. The van der Waals surface area contributed by atoms with Gasteiger partial charge in [-0.2, -0.15) is 5.10 Å². The van der Waals surface area contributed by atoms with Crippen molar-refractivity contribution >= 4 is 46.1 Å². The predicted molar refractivity (Wildman–Crippen MR) is 102 cm³/mol. The van der Waals surface area contributed by atoms with Crippen LogP contribution in [0, 0.1) is 0 Å². The van der Waals surface area contributed by atoms with Crippen molar-refractivity contribution in [3.05, 3.63) is 75.8 Å². The molecule has 0 radical (unpaired) electrons. The minimum absolute atomic E-state index is 0.371. The lowest BCUT2D eigenvalue weighted by molar-refractivity contribution is 0.0952. The van der Waals surface area contributed by atoms with Gasteiger partial charge in [-0.25, -0.2) is 5.43 Å². The molecule has 0 fully saturated rings. The number of hydrogen-bond acceptors (Lipinski definition) is 3. The Balaban J connectivity index is 1.83. The normalized spacial score (nSPS) is 11.0. The average molecular weight is 373 g/mol. The maximum absolute atomic E-state index is 12.4. The molecule has 0 heterocycles. The number of hydrazone groups is 1. The maximum atomic E-state index is 12.4. The Labute approximate surface area is 155 Å². The van der Waals surface area contributed by atoms with Gasteiger partial charge < -0.3 is 4.74 Å². The molecule has 6 heteroatoms. The van der Waals surface area contributed by atoms with Crippen molar-refractivity contribution < 1.29 is 9.53 Å². The zero-order valence-corrected chi connectivity index (χ0v) is 14.8. The molecule has 0 saturated carbocycles. The van der Waals surface area contributed by atoms with Gasteiger partial charge in [0, 0.05) is 10.6 Å². The molecule has 0 unspecified atom stereocenters. The second-order valence-corrected chi connectivity index (χ2v) is 6.11. The molecule has 0 aliphatic heterocycles. The molecule has 1 N–H and O–H groups in total. The van der Waals surface area contributed by atoms with Gasteiger partial charge in [0.15, 0.2) is 0 Å². The van der Waals surface area contributed by atoms with E-state index in [0.717, 1.165) is 10.8 Å². The van der Waals surface area contributed by atoms with Crippen LogP contribution in [0.5, 0.6) is 5.75 Å². The summed E-state index contributed by atoms with van der Waals surface area (Å²) in [6.07, 6.45) is 1.46. The van der Waals surface area contributed by atoms with Gasteiger partial charge in [-0.1, -0.05) is 53.5 Å². The van der Waals surface area contributed by atoms with E-state index < -0.39 is 0 Å². The molecule has 3 aromatic carbocycles. The van der Waals surface area contributed by atoms with Crippen molar-refractivity contribution in [3.8, 4) is 5.75 Å². The van der Waals surface area contributed by atoms with E-state index in [2.05, 4.69) is 10.5 Å². The Morgan fingerprint density at radius 2 is 1.80 bits per heavy atom. The summed E-state index contributed by atoms with van der Waals surface area (Å²) in [6, 6.07) is 16.4. The fourth-order valence-electron chi connectivity index (χ4n) is 2.39. The van der Waals surface area contributed by atoms with Crippen molar-refractivity contribution in [1.29, 1.82) is 0 Å². The van der Waals surface area contributed by atoms with E-state index in [1.807, 2.05) is 30.3 Å². The van der Waals surface area contributed by atoms with Crippen LogP contribution >= 0.6 is 23.2 Å². The van der Waals surface area contributed by atoms with Gasteiger partial charge in [-0.15, -0.1) is 0 Å². The van der Waals surface area contributed by atoms with Crippen LogP contribution in [0.1, 0.15) is 15.9 Å². The quantitative estimate of drug-likeness (QED) is 0.521. The fraction of sp³-hybridized carbons (Fsp3) is 0.0526. The molecule has 3 aromatic rings. The lowest BCUT2D eigenvalue weighted by Crippen LogP contribution is -2.18. The van der Waals surface area contributed by atoms with Gasteiger partial charge in [0.25, 0.3) is 5.91 Å².